The summed E-state index contributed by atoms with van der Waals surface area (Å²) in [4.78, 5) is 28.3. The molecule has 0 aliphatic carbocycles. The summed E-state index contributed by atoms with van der Waals surface area (Å²) < 4.78 is 21.1. The number of rotatable bonds is 9. The minimum atomic E-state index is -1.04. The number of aromatic nitrogens is 1. The Hall–Kier alpha value is -2.71. The van der Waals surface area contributed by atoms with Gasteiger partial charge in [0, 0.05) is 12.6 Å². The number of pyridine rings is 1. The lowest BCUT2D eigenvalue weighted by Gasteiger charge is -2.15. The van der Waals surface area contributed by atoms with Crippen molar-refractivity contribution in [2.24, 2.45) is 0 Å². The van der Waals surface area contributed by atoms with Crippen molar-refractivity contribution >= 4 is 40.9 Å². The maximum Gasteiger partial charge on any atom is 0.306 e. The Balaban J connectivity index is 1.94. The fourth-order valence-corrected chi connectivity index (χ4v) is 2.99. The molecule has 1 amide bonds. The van der Waals surface area contributed by atoms with E-state index in [2.05, 4.69) is 10.3 Å². The molecule has 2 rings (SSSR count). The zero-order valence-corrected chi connectivity index (χ0v) is 18.5. The van der Waals surface area contributed by atoms with Crippen molar-refractivity contribution in [2.45, 2.75) is 25.9 Å². The quantitative estimate of drug-likeness (QED) is 0.571. The summed E-state index contributed by atoms with van der Waals surface area (Å²) in [6, 6.07) is 4.94. The first kappa shape index (κ1) is 23.6. The van der Waals surface area contributed by atoms with Gasteiger partial charge in [-0.25, -0.2) is 4.98 Å². The normalized spacial score (nSPS) is 11.4. The number of nitrogens with one attached hydrogen (secondary N) is 1. The minimum absolute atomic E-state index is 0.0518. The molecule has 1 unspecified atom stereocenters. The number of esters is 1. The maximum absolute atomic E-state index is 12.2. The molecule has 1 atom stereocenters. The van der Waals surface area contributed by atoms with Crippen molar-refractivity contribution in [3.05, 3.63) is 40.0 Å². The highest BCUT2D eigenvalue weighted by atomic mass is 35.5. The van der Waals surface area contributed by atoms with Gasteiger partial charge in [-0.2, -0.15) is 0 Å². The first-order valence-corrected chi connectivity index (χ1v) is 9.64. The predicted molar refractivity (Wildman–Crippen MR) is 113 cm³/mol. The van der Waals surface area contributed by atoms with E-state index in [1.807, 2.05) is 0 Å². The molecule has 8 nitrogen and oxygen atoms in total. The van der Waals surface area contributed by atoms with Gasteiger partial charge in [0.15, 0.2) is 23.4 Å². The van der Waals surface area contributed by atoms with E-state index in [1.54, 1.807) is 12.1 Å². The maximum atomic E-state index is 12.2. The van der Waals surface area contributed by atoms with Crippen molar-refractivity contribution in [1.82, 2.24) is 4.98 Å². The molecule has 1 N–H and O–H groups in total. The van der Waals surface area contributed by atoms with E-state index < -0.39 is 18.0 Å². The fourth-order valence-electron chi connectivity index (χ4n) is 2.56. The third-order valence-corrected chi connectivity index (χ3v) is 4.56. The van der Waals surface area contributed by atoms with Crippen LogP contribution in [0.25, 0.3) is 0 Å². The first-order valence-electron chi connectivity index (χ1n) is 8.89. The van der Waals surface area contributed by atoms with Gasteiger partial charge in [-0.05, 0) is 37.1 Å². The fraction of sp³-hybridized carbons (Fsp3) is 0.350. The summed E-state index contributed by atoms with van der Waals surface area (Å²) in [6.07, 6.45) is 0.716. The topological polar surface area (TPSA) is 96.0 Å². The number of amides is 1. The number of benzene rings is 1. The summed E-state index contributed by atoms with van der Waals surface area (Å²) in [7, 11) is 4.53. The van der Waals surface area contributed by atoms with Crippen LogP contribution in [-0.4, -0.2) is 44.3 Å². The molecule has 0 aliphatic heterocycles. The van der Waals surface area contributed by atoms with E-state index in [9.17, 15) is 9.59 Å². The smallest absolute Gasteiger partial charge is 0.306 e. The summed E-state index contributed by atoms with van der Waals surface area (Å²) in [6.45, 7) is 1.45. The number of nitrogens with zero attached hydrogens (tertiary/aromatic N) is 1. The molecule has 0 saturated carbocycles. The van der Waals surface area contributed by atoms with Crippen molar-refractivity contribution in [1.29, 1.82) is 0 Å². The second-order valence-corrected chi connectivity index (χ2v) is 6.98. The Morgan fingerprint density at radius 2 is 1.70 bits per heavy atom. The number of aryl methyl sites for hydroxylation is 1. The van der Waals surface area contributed by atoms with Crippen LogP contribution in [0, 0.1) is 0 Å². The Bertz CT molecular complexity index is 897. The van der Waals surface area contributed by atoms with Crippen molar-refractivity contribution in [2.75, 3.05) is 26.6 Å². The van der Waals surface area contributed by atoms with Gasteiger partial charge in [-0.15, -0.1) is 0 Å². The zero-order valence-electron chi connectivity index (χ0n) is 17.0. The standard InChI is InChI=1S/C20H22Cl2N2O6/c1-11(20(26)24-19-14(22)9-13(21)10-23-19)30-17(25)6-5-12-7-15(27-2)18(29-4)16(8-12)28-3/h7-11H,5-6H2,1-4H3,(H,23,24,26). The summed E-state index contributed by atoms with van der Waals surface area (Å²) in [5.41, 5.74) is 0.788. The lowest BCUT2D eigenvalue weighted by atomic mass is 10.1. The third-order valence-electron chi connectivity index (χ3n) is 4.07. The number of carbonyl (C=O) groups excluding carboxylic acids is 2. The average molecular weight is 457 g/mol. The van der Waals surface area contributed by atoms with Crippen LogP contribution in [0.15, 0.2) is 24.4 Å². The lowest BCUT2D eigenvalue weighted by molar-refractivity contribution is -0.153. The Morgan fingerprint density at radius 3 is 2.23 bits per heavy atom. The van der Waals surface area contributed by atoms with Gasteiger partial charge in [0.05, 0.1) is 31.4 Å². The first-order chi connectivity index (χ1) is 14.3. The molecule has 1 aromatic heterocycles. The molecule has 1 aromatic carbocycles. The molecule has 0 spiro atoms. The molecule has 162 valence electrons. The Labute approximate surface area is 184 Å². The van der Waals surface area contributed by atoms with E-state index in [-0.39, 0.29) is 17.3 Å². The summed E-state index contributed by atoms with van der Waals surface area (Å²) >= 11 is 11.7. The van der Waals surface area contributed by atoms with E-state index in [0.29, 0.717) is 28.7 Å². The van der Waals surface area contributed by atoms with E-state index >= 15 is 0 Å². The van der Waals surface area contributed by atoms with Gasteiger partial charge in [-0.1, -0.05) is 23.2 Å². The molecule has 2 aromatic rings. The highest BCUT2D eigenvalue weighted by Crippen LogP contribution is 2.38. The molecular formula is C20H22Cl2N2O6. The van der Waals surface area contributed by atoms with Gasteiger partial charge in [0.1, 0.15) is 0 Å². The Morgan fingerprint density at radius 1 is 1.07 bits per heavy atom. The molecule has 0 radical (unpaired) electrons. The number of halogens is 2. The van der Waals surface area contributed by atoms with Gasteiger partial charge in [0.2, 0.25) is 5.75 Å². The third kappa shape index (κ3) is 6.14. The molecule has 0 aliphatic rings. The second-order valence-electron chi connectivity index (χ2n) is 6.14. The van der Waals surface area contributed by atoms with Crippen LogP contribution in [0.3, 0.4) is 0 Å². The molecule has 0 saturated heterocycles. The number of anilines is 1. The number of ether oxygens (including phenoxy) is 4. The number of methoxy groups -OCH3 is 3. The molecule has 0 bridgehead atoms. The number of carbonyl (C=O) groups is 2. The molecule has 30 heavy (non-hydrogen) atoms. The van der Waals surface area contributed by atoms with Crippen molar-refractivity contribution in [3.63, 3.8) is 0 Å². The molecule has 10 heteroatoms. The minimum Gasteiger partial charge on any atom is -0.493 e. The van der Waals surface area contributed by atoms with Crippen LogP contribution in [0.1, 0.15) is 18.9 Å². The monoisotopic (exact) mass is 456 g/mol. The van der Waals surface area contributed by atoms with Crippen molar-refractivity contribution < 1.29 is 28.5 Å². The van der Waals surface area contributed by atoms with Gasteiger partial charge in [-0.3, -0.25) is 9.59 Å². The van der Waals surface area contributed by atoms with E-state index in [1.165, 1.54) is 40.5 Å². The second kappa shape index (κ2) is 10.9. The van der Waals surface area contributed by atoms with Crippen molar-refractivity contribution in [3.8, 4) is 17.2 Å². The van der Waals surface area contributed by atoms with E-state index in [4.69, 9.17) is 42.1 Å². The molecule has 1 heterocycles. The van der Waals surface area contributed by atoms with E-state index in [0.717, 1.165) is 5.56 Å². The average Bonchev–Trinajstić information content (AvgIpc) is 2.73. The largest absolute Gasteiger partial charge is 0.493 e. The zero-order chi connectivity index (χ0) is 22.3. The van der Waals surface area contributed by atoms with Gasteiger partial charge < -0.3 is 24.3 Å². The summed E-state index contributed by atoms with van der Waals surface area (Å²) in [5.74, 6) is 0.465. The highest BCUT2D eigenvalue weighted by Gasteiger charge is 2.20. The highest BCUT2D eigenvalue weighted by molar-refractivity contribution is 6.36. The van der Waals surface area contributed by atoms with Gasteiger partial charge in [0.25, 0.3) is 5.91 Å². The molecule has 0 fully saturated rings. The summed E-state index contributed by atoms with van der Waals surface area (Å²) in [5, 5.41) is 3.01. The Kier molecular flexibility index (Phi) is 8.56. The SMILES string of the molecule is COc1cc(CCC(=O)OC(C)C(=O)Nc2ncc(Cl)cc2Cl)cc(OC)c1OC. The van der Waals surface area contributed by atoms with Crippen LogP contribution < -0.4 is 19.5 Å². The van der Waals surface area contributed by atoms with Gasteiger partial charge >= 0.3 is 5.97 Å². The van der Waals surface area contributed by atoms with Crippen LogP contribution in [0.5, 0.6) is 17.2 Å². The van der Waals surface area contributed by atoms with Crippen LogP contribution >= 0.6 is 23.2 Å². The van der Waals surface area contributed by atoms with Crippen LogP contribution in [0.2, 0.25) is 10.0 Å². The number of hydrogen-bond acceptors (Lipinski definition) is 7. The van der Waals surface area contributed by atoms with Crippen LogP contribution in [0.4, 0.5) is 5.82 Å². The predicted octanol–water partition coefficient (Wildman–Crippen LogP) is 3.92. The molecular weight excluding hydrogens is 435 g/mol. The number of hydrogen-bond donors (Lipinski definition) is 1. The van der Waals surface area contributed by atoms with Crippen LogP contribution in [-0.2, 0) is 20.7 Å². The lowest BCUT2D eigenvalue weighted by Crippen LogP contribution is -2.30.